The van der Waals surface area contributed by atoms with Crippen LogP contribution in [0.25, 0.3) is 0 Å². The van der Waals surface area contributed by atoms with E-state index in [4.69, 9.17) is 0 Å². The molecule has 1 heterocycles. The Morgan fingerprint density at radius 2 is 2.00 bits per heavy atom. The molecule has 0 saturated carbocycles. The van der Waals surface area contributed by atoms with E-state index in [9.17, 15) is 4.79 Å². The van der Waals surface area contributed by atoms with Crippen molar-refractivity contribution in [1.82, 2.24) is 4.57 Å². The number of amides is 1. The van der Waals surface area contributed by atoms with E-state index >= 15 is 0 Å². The first-order valence-electron chi connectivity index (χ1n) is 4.28. The quantitative estimate of drug-likeness (QED) is 0.727. The number of carbonyl (C=O) groups excluding carboxylic acids is 1. The van der Waals surface area contributed by atoms with Gasteiger partial charge in [0.1, 0.15) is 0 Å². The molecule has 1 aromatic carbocycles. The molecule has 0 aliphatic carbocycles. The van der Waals surface area contributed by atoms with Gasteiger partial charge >= 0.3 is 6.03 Å². The van der Waals surface area contributed by atoms with Gasteiger partial charge in [-0.1, -0.05) is 18.2 Å². The van der Waals surface area contributed by atoms with Crippen LogP contribution in [0, 0.1) is 6.20 Å². The molecule has 1 radical (unpaired) electrons. The summed E-state index contributed by atoms with van der Waals surface area (Å²) < 4.78 is 1.37. The van der Waals surface area contributed by atoms with Crippen molar-refractivity contribution in [3.63, 3.8) is 0 Å². The average Bonchev–Trinajstić information content (AvgIpc) is 2.72. The van der Waals surface area contributed by atoms with Crippen molar-refractivity contribution in [3.8, 4) is 0 Å². The Balaban J connectivity index is 2.10. The molecule has 0 atom stereocenters. The predicted molar refractivity (Wildman–Crippen MR) is 54.1 cm³/mol. The summed E-state index contributed by atoms with van der Waals surface area (Å²) in [6, 6.07) is 12.5. The Hall–Kier alpha value is -2.03. The lowest BCUT2D eigenvalue weighted by Gasteiger charge is -2.04. The van der Waals surface area contributed by atoms with Crippen molar-refractivity contribution in [3.05, 3.63) is 54.9 Å². The molecule has 0 bridgehead atoms. The van der Waals surface area contributed by atoms with E-state index in [2.05, 4.69) is 11.5 Å². The fourth-order valence-corrected chi connectivity index (χ4v) is 1.13. The molecule has 0 aliphatic heterocycles. The number of carbonyl (C=O) groups is 1. The Bertz CT molecular complexity index is 406. The average molecular weight is 185 g/mol. The zero-order chi connectivity index (χ0) is 9.80. The van der Waals surface area contributed by atoms with Crippen LogP contribution >= 0.6 is 0 Å². The van der Waals surface area contributed by atoms with Gasteiger partial charge in [0.15, 0.2) is 0 Å². The highest BCUT2D eigenvalue weighted by Crippen LogP contribution is 2.05. The fraction of sp³-hybridized carbons (Fsp3) is 0. The molecule has 0 fully saturated rings. The van der Waals surface area contributed by atoms with Gasteiger partial charge in [-0.2, -0.15) is 0 Å². The minimum atomic E-state index is -0.207. The van der Waals surface area contributed by atoms with Gasteiger partial charge in [0, 0.05) is 11.9 Å². The highest BCUT2D eigenvalue weighted by atomic mass is 16.2. The van der Waals surface area contributed by atoms with Crippen LogP contribution < -0.4 is 5.32 Å². The topological polar surface area (TPSA) is 34.0 Å². The SMILES string of the molecule is O=C(Nc1ccccc1)n1[c]ccc1. The van der Waals surface area contributed by atoms with Crippen molar-refractivity contribution in [2.24, 2.45) is 0 Å². The molecule has 1 amide bonds. The second-order valence-corrected chi connectivity index (χ2v) is 2.80. The monoisotopic (exact) mass is 185 g/mol. The van der Waals surface area contributed by atoms with Gasteiger partial charge in [-0.05, 0) is 24.3 Å². The fourth-order valence-electron chi connectivity index (χ4n) is 1.13. The van der Waals surface area contributed by atoms with Crippen molar-refractivity contribution in [2.45, 2.75) is 0 Å². The summed E-state index contributed by atoms with van der Waals surface area (Å²) in [4.78, 5) is 11.5. The van der Waals surface area contributed by atoms with E-state index in [1.54, 1.807) is 18.3 Å². The summed E-state index contributed by atoms with van der Waals surface area (Å²) in [6.45, 7) is 0. The van der Waals surface area contributed by atoms with Crippen molar-refractivity contribution in [1.29, 1.82) is 0 Å². The summed E-state index contributed by atoms with van der Waals surface area (Å²) in [5.41, 5.74) is 0.777. The number of aromatic nitrogens is 1. The molecule has 3 heteroatoms. The van der Waals surface area contributed by atoms with E-state index < -0.39 is 0 Å². The van der Waals surface area contributed by atoms with Crippen LogP contribution in [-0.4, -0.2) is 10.6 Å². The van der Waals surface area contributed by atoms with E-state index in [0.29, 0.717) is 0 Å². The molecule has 0 aliphatic rings. The third-order valence-corrected chi connectivity index (χ3v) is 1.79. The molecule has 2 aromatic rings. The maximum absolute atomic E-state index is 11.5. The molecule has 2 rings (SSSR count). The van der Waals surface area contributed by atoms with Crippen LogP contribution in [0.15, 0.2) is 48.7 Å². The zero-order valence-corrected chi connectivity index (χ0v) is 7.47. The summed E-state index contributed by atoms with van der Waals surface area (Å²) in [5, 5.41) is 2.74. The maximum atomic E-state index is 11.5. The van der Waals surface area contributed by atoms with Gasteiger partial charge in [0.05, 0.1) is 6.20 Å². The van der Waals surface area contributed by atoms with Crippen LogP contribution in [0.2, 0.25) is 0 Å². The van der Waals surface area contributed by atoms with E-state index in [1.165, 1.54) is 4.57 Å². The smallest absolute Gasteiger partial charge is 0.307 e. The highest BCUT2D eigenvalue weighted by Gasteiger charge is 2.01. The third-order valence-electron chi connectivity index (χ3n) is 1.79. The predicted octanol–water partition coefficient (Wildman–Crippen LogP) is 2.37. The molecule has 0 saturated heterocycles. The molecular formula is C11H9N2O. The molecule has 0 unspecified atom stereocenters. The standard InChI is InChI=1S/C11H9N2O/c14-11(13-8-4-5-9-13)12-10-6-2-1-3-7-10/h1-8H,(H,12,14). The number of hydrogen-bond donors (Lipinski definition) is 1. The highest BCUT2D eigenvalue weighted by molar-refractivity contribution is 5.90. The van der Waals surface area contributed by atoms with Gasteiger partial charge in [0.25, 0.3) is 0 Å². The lowest BCUT2D eigenvalue weighted by molar-refractivity contribution is 0.253. The number of benzene rings is 1. The molecular weight excluding hydrogens is 176 g/mol. The van der Waals surface area contributed by atoms with Crippen LogP contribution in [-0.2, 0) is 0 Å². The summed E-state index contributed by atoms with van der Waals surface area (Å²) >= 11 is 0. The van der Waals surface area contributed by atoms with Gasteiger partial charge in [-0.15, -0.1) is 0 Å². The molecule has 1 aromatic heterocycles. The second kappa shape index (κ2) is 3.79. The maximum Gasteiger partial charge on any atom is 0.330 e. The number of nitrogens with zero attached hydrogens (tertiary/aromatic N) is 1. The molecule has 0 spiro atoms. The molecule has 14 heavy (non-hydrogen) atoms. The summed E-state index contributed by atoms with van der Waals surface area (Å²) in [6.07, 6.45) is 4.41. The van der Waals surface area contributed by atoms with Crippen LogP contribution in [0.3, 0.4) is 0 Å². The first kappa shape index (κ1) is 8.56. The van der Waals surface area contributed by atoms with Gasteiger partial charge in [-0.3, -0.25) is 4.57 Å². The zero-order valence-electron chi connectivity index (χ0n) is 7.47. The molecule has 69 valence electrons. The first-order chi connectivity index (χ1) is 6.86. The van der Waals surface area contributed by atoms with Crippen molar-refractivity contribution < 1.29 is 4.79 Å². The number of hydrogen-bond acceptors (Lipinski definition) is 1. The minimum absolute atomic E-state index is 0.207. The molecule has 1 N–H and O–H groups in total. The number of nitrogens with one attached hydrogen (secondary N) is 1. The Labute approximate surface area is 82.0 Å². The van der Waals surface area contributed by atoms with E-state index in [1.807, 2.05) is 30.3 Å². The first-order valence-corrected chi connectivity index (χ1v) is 4.28. The normalized spacial score (nSPS) is 9.71. The number of rotatable bonds is 1. The Kier molecular flexibility index (Phi) is 2.32. The lowest BCUT2D eigenvalue weighted by Crippen LogP contribution is -2.17. The van der Waals surface area contributed by atoms with Crippen LogP contribution in [0.1, 0.15) is 0 Å². The number of anilines is 1. The van der Waals surface area contributed by atoms with Crippen molar-refractivity contribution in [2.75, 3.05) is 5.32 Å². The van der Waals surface area contributed by atoms with Crippen LogP contribution in [0.4, 0.5) is 10.5 Å². The summed E-state index contributed by atoms with van der Waals surface area (Å²) in [5.74, 6) is 0. The lowest BCUT2D eigenvalue weighted by atomic mass is 10.3. The van der Waals surface area contributed by atoms with Crippen LogP contribution in [0.5, 0.6) is 0 Å². The van der Waals surface area contributed by atoms with E-state index in [0.717, 1.165) is 5.69 Å². The van der Waals surface area contributed by atoms with Gasteiger partial charge < -0.3 is 5.32 Å². The van der Waals surface area contributed by atoms with Gasteiger partial charge in [-0.25, -0.2) is 4.79 Å². The minimum Gasteiger partial charge on any atom is -0.307 e. The van der Waals surface area contributed by atoms with Crippen molar-refractivity contribution >= 4 is 11.7 Å². The summed E-state index contributed by atoms with van der Waals surface area (Å²) in [7, 11) is 0. The Morgan fingerprint density at radius 1 is 1.21 bits per heavy atom. The number of para-hydroxylation sites is 1. The second-order valence-electron chi connectivity index (χ2n) is 2.80. The van der Waals surface area contributed by atoms with E-state index in [-0.39, 0.29) is 6.03 Å². The Morgan fingerprint density at radius 3 is 2.64 bits per heavy atom. The molecule has 3 nitrogen and oxygen atoms in total. The third kappa shape index (κ3) is 1.82. The largest absolute Gasteiger partial charge is 0.330 e. The van der Waals surface area contributed by atoms with Gasteiger partial charge in [0.2, 0.25) is 0 Å².